The standard InChI is InChI=1S/C23H43NO2/c1-3-5-6-7-8-9-10-11-12-13-14-15-16-17-23(26)24-21-18-20(19-21)22(25)4-2/h20-21H,3-19H2,1-2H3,(H,24,26)/t20-,21-. The molecule has 1 aliphatic carbocycles. The third-order valence-corrected chi connectivity index (χ3v) is 5.81. The fourth-order valence-electron chi connectivity index (χ4n) is 3.89. The van der Waals surface area contributed by atoms with E-state index in [4.69, 9.17) is 0 Å². The molecule has 3 nitrogen and oxygen atoms in total. The molecule has 1 rings (SSSR count). The molecule has 0 spiro atoms. The molecule has 1 amide bonds. The van der Waals surface area contributed by atoms with Crippen molar-refractivity contribution in [3.05, 3.63) is 0 Å². The van der Waals surface area contributed by atoms with Crippen LogP contribution in [0.25, 0.3) is 0 Å². The summed E-state index contributed by atoms with van der Waals surface area (Å²) in [5.41, 5.74) is 0. The number of carbonyl (C=O) groups excluding carboxylic acids is 2. The van der Waals surface area contributed by atoms with E-state index in [1.807, 2.05) is 6.92 Å². The Labute approximate surface area is 162 Å². The SMILES string of the molecule is CCCCCCCCCCCCCCCC(=O)N[C@H]1C[C@H](C(=O)CC)C1. The van der Waals surface area contributed by atoms with Crippen LogP contribution in [0.15, 0.2) is 0 Å². The van der Waals surface area contributed by atoms with Gasteiger partial charge < -0.3 is 5.32 Å². The van der Waals surface area contributed by atoms with E-state index >= 15 is 0 Å². The third-order valence-electron chi connectivity index (χ3n) is 5.81. The van der Waals surface area contributed by atoms with Crippen molar-refractivity contribution in [2.24, 2.45) is 5.92 Å². The highest BCUT2D eigenvalue weighted by Gasteiger charge is 2.33. The van der Waals surface area contributed by atoms with Crippen LogP contribution in [0, 0.1) is 5.92 Å². The molecule has 0 saturated heterocycles. The summed E-state index contributed by atoms with van der Waals surface area (Å²) in [6.07, 6.45) is 20.3. The molecule has 3 heteroatoms. The molecule has 26 heavy (non-hydrogen) atoms. The minimum atomic E-state index is 0.181. The number of amides is 1. The summed E-state index contributed by atoms with van der Waals surface area (Å²) in [6, 6.07) is 0.255. The molecule has 1 fully saturated rings. The van der Waals surface area contributed by atoms with Crippen LogP contribution in [0.4, 0.5) is 0 Å². The van der Waals surface area contributed by atoms with Crippen molar-refractivity contribution in [1.82, 2.24) is 5.32 Å². The van der Waals surface area contributed by atoms with Crippen LogP contribution in [0.1, 0.15) is 123 Å². The predicted octanol–water partition coefficient (Wildman–Crippen LogP) is 6.34. The zero-order chi connectivity index (χ0) is 19.0. The van der Waals surface area contributed by atoms with Crippen molar-refractivity contribution in [3.8, 4) is 0 Å². The zero-order valence-corrected chi connectivity index (χ0v) is 17.5. The van der Waals surface area contributed by atoms with Gasteiger partial charge in [-0.3, -0.25) is 9.59 Å². The lowest BCUT2D eigenvalue weighted by molar-refractivity contribution is -0.129. The lowest BCUT2D eigenvalue weighted by atomic mass is 9.77. The van der Waals surface area contributed by atoms with E-state index in [-0.39, 0.29) is 17.9 Å². The van der Waals surface area contributed by atoms with Crippen molar-refractivity contribution >= 4 is 11.7 Å². The lowest BCUT2D eigenvalue weighted by Crippen LogP contribution is -2.46. The smallest absolute Gasteiger partial charge is 0.220 e. The number of Topliss-reactive ketones (excluding diaryl/α,β-unsaturated/α-hetero) is 1. The number of hydrogen-bond donors (Lipinski definition) is 1. The van der Waals surface area contributed by atoms with Crippen molar-refractivity contribution in [2.45, 2.75) is 129 Å². The fourth-order valence-corrected chi connectivity index (χ4v) is 3.89. The van der Waals surface area contributed by atoms with Gasteiger partial charge >= 0.3 is 0 Å². The maximum Gasteiger partial charge on any atom is 0.220 e. The average Bonchev–Trinajstić information content (AvgIpc) is 2.61. The Morgan fingerprint density at radius 3 is 1.65 bits per heavy atom. The van der Waals surface area contributed by atoms with E-state index in [1.54, 1.807) is 0 Å². The first-order valence-electron chi connectivity index (χ1n) is 11.5. The molecule has 0 aliphatic heterocycles. The highest BCUT2D eigenvalue weighted by atomic mass is 16.1. The second-order valence-corrected chi connectivity index (χ2v) is 8.25. The predicted molar refractivity (Wildman–Crippen MR) is 110 cm³/mol. The van der Waals surface area contributed by atoms with Gasteiger partial charge in [0, 0.05) is 24.8 Å². The summed E-state index contributed by atoms with van der Waals surface area (Å²) in [5.74, 6) is 0.745. The largest absolute Gasteiger partial charge is 0.353 e. The fraction of sp³-hybridized carbons (Fsp3) is 0.913. The van der Waals surface area contributed by atoms with Crippen molar-refractivity contribution < 1.29 is 9.59 Å². The van der Waals surface area contributed by atoms with Gasteiger partial charge in [0.2, 0.25) is 5.91 Å². The molecule has 1 aliphatic rings. The van der Waals surface area contributed by atoms with Gasteiger partial charge in [-0.25, -0.2) is 0 Å². The summed E-state index contributed by atoms with van der Waals surface area (Å²) in [4.78, 5) is 23.4. The highest BCUT2D eigenvalue weighted by Crippen LogP contribution is 2.29. The minimum Gasteiger partial charge on any atom is -0.353 e. The summed E-state index contributed by atoms with van der Waals surface area (Å²) in [7, 11) is 0. The monoisotopic (exact) mass is 365 g/mol. The van der Waals surface area contributed by atoms with E-state index in [0.29, 0.717) is 18.6 Å². The van der Waals surface area contributed by atoms with E-state index in [2.05, 4.69) is 12.2 Å². The van der Waals surface area contributed by atoms with Crippen LogP contribution >= 0.6 is 0 Å². The van der Waals surface area contributed by atoms with Gasteiger partial charge in [-0.05, 0) is 19.3 Å². The average molecular weight is 366 g/mol. The van der Waals surface area contributed by atoms with Crippen LogP contribution in [0.5, 0.6) is 0 Å². The first-order valence-corrected chi connectivity index (χ1v) is 11.5. The molecule has 0 bridgehead atoms. The first kappa shape index (κ1) is 23.2. The highest BCUT2D eigenvalue weighted by molar-refractivity contribution is 5.82. The summed E-state index contributed by atoms with van der Waals surface area (Å²) in [5, 5.41) is 3.08. The summed E-state index contributed by atoms with van der Waals surface area (Å²) >= 11 is 0. The zero-order valence-electron chi connectivity index (χ0n) is 17.5. The van der Waals surface area contributed by atoms with E-state index in [0.717, 1.165) is 19.3 Å². The Morgan fingerprint density at radius 2 is 1.19 bits per heavy atom. The van der Waals surface area contributed by atoms with Crippen LogP contribution in [-0.2, 0) is 9.59 Å². The Morgan fingerprint density at radius 1 is 0.731 bits per heavy atom. The normalized spacial score (nSPS) is 19.2. The van der Waals surface area contributed by atoms with Crippen molar-refractivity contribution in [1.29, 1.82) is 0 Å². The van der Waals surface area contributed by atoms with Crippen LogP contribution in [0.2, 0.25) is 0 Å². The molecule has 0 aromatic heterocycles. The van der Waals surface area contributed by atoms with Gasteiger partial charge in [0.1, 0.15) is 5.78 Å². The minimum absolute atomic E-state index is 0.181. The van der Waals surface area contributed by atoms with Crippen LogP contribution in [0.3, 0.4) is 0 Å². The van der Waals surface area contributed by atoms with E-state index in [1.165, 1.54) is 77.0 Å². The number of carbonyl (C=O) groups is 2. The molecule has 0 aromatic rings. The molecule has 0 heterocycles. The molecule has 1 N–H and O–H groups in total. The summed E-state index contributed by atoms with van der Waals surface area (Å²) in [6.45, 7) is 4.19. The van der Waals surface area contributed by atoms with Gasteiger partial charge in [-0.15, -0.1) is 0 Å². The number of nitrogens with one attached hydrogen (secondary N) is 1. The van der Waals surface area contributed by atoms with Crippen LogP contribution in [-0.4, -0.2) is 17.7 Å². The first-order chi connectivity index (χ1) is 12.7. The number of rotatable bonds is 17. The maximum absolute atomic E-state index is 11.9. The third kappa shape index (κ3) is 11.0. The van der Waals surface area contributed by atoms with Crippen LogP contribution < -0.4 is 5.32 Å². The molecular formula is C23H43NO2. The van der Waals surface area contributed by atoms with Gasteiger partial charge in [-0.2, -0.15) is 0 Å². The van der Waals surface area contributed by atoms with Gasteiger partial charge in [0.15, 0.2) is 0 Å². The number of hydrogen-bond acceptors (Lipinski definition) is 2. The summed E-state index contributed by atoms with van der Waals surface area (Å²) < 4.78 is 0. The second-order valence-electron chi connectivity index (χ2n) is 8.25. The molecule has 0 atom stereocenters. The molecule has 0 aromatic carbocycles. The van der Waals surface area contributed by atoms with Crippen molar-refractivity contribution in [3.63, 3.8) is 0 Å². The molecular weight excluding hydrogens is 322 g/mol. The molecule has 152 valence electrons. The Hall–Kier alpha value is -0.860. The van der Waals surface area contributed by atoms with Gasteiger partial charge in [0.25, 0.3) is 0 Å². The maximum atomic E-state index is 11.9. The van der Waals surface area contributed by atoms with Crippen molar-refractivity contribution in [2.75, 3.05) is 0 Å². The second kappa shape index (κ2) is 15.2. The van der Waals surface area contributed by atoms with Gasteiger partial charge in [0.05, 0.1) is 0 Å². The van der Waals surface area contributed by atoms with Gasteiger partial charge in [-0.1, -0.05) is 90.9 Å². The molecule has 1 saturated carbocycles. The van der Waals surface area contributed by atoms with E-state index < -0.39 is 0 Å². The Bertz CT molecular complexity index is 374. The Kier molecular flexibility index (Phi) is 13.6. The molecule has 0 unspecified atom stereocenters. The Balaban J connectivity index is 1.79. The number of ketones is 1. The number of unbranched alkanes of at least 4 members (excludes halogenated alkanes) is 12. The lowest BCUT2D eigenvalue weighted by Gasteiger charge is -2.34. The topological polar surface area (TPSA) is 46.2 Å². The van der Waals surface area contributed by atoms with E-state index in [9.17, 15) is 9.59 Å². The quantitative estimate of drug-likeness (QED) is 0.306. The molecule has 0 radical (unpaired) electrons.